The second kappa shape index (κ2) is 74.7. The normalized spacial score (nSPS) is 11.7. The van der Waals surface area contributed by atoms with E-state index in [0.29, 0.717) is 11.8 Å². The smallest absolute Gasteiger partial charge is 0.0725 e. The SMILES string of the molecule is CC(C)CCCCCCCc1cnnn1CCC(C)C.CC(C)CCCCCCCc1cnnn1CCC(C)C.CC(C)CCCCCc1cnnn1CC(C)C.CC(C)CCCCCc1cnnn1CC(C)C.CC(C)CCCCc1cnnn1CCC(C)C.CC(C)CCCCc1cnnn1CCC(C)C.CC(C)CCCc1cnnn1CCCC(C)C. The van der Waals surface area contributed by atoms with Crippen molar-refractivity contribution >= 4 is 0 Å². The van der Waals surface area contributed by atoms with Crippen LogP contribution in [0.2, 0.25) is 0 Å². The van der Waals surface area contributed by atoms with E-state index in [1.54, 1.807) is 0 Å². The Bertz CT molecular complexity index is 3230. The Hall–Kier alpha value is -6.02. The molecule has 21 nitrogen and oxygen atoms in total. The molecule has 0 aliphatic heterocycles. The van der Waals surface area contributed by atoms with Gasteiger partial charge in [-0.15, -0.1) is 35.7 Å². The zero-order chi connectivity index (χ0) is 93.0. The summed E-state index contributed by atoms with van der Waals surface area (Å²) in [6.07, 6.45) is 65.8. The molecule has 7 aromatic heterocycles. The molecule has 0 bridgehead atoms. The number of hydrogen-bond donors (Lipinski definition) is 0. The first-order valence-electron chi connectivity index (χ1n) is 51.8. The molecule has 125 heavy (non-hydrogen) atoms. The van der Waals surface area contributed by atoms with Crippen LogP contribution >= 0.6 is 0 Å². The van der Waals surface area contributed by atoms with Crippen LogP contribution in [0.25, 0.3) is 0 Å². The van der Waals surface area contributed by atoms with Crippen LogP contribution in [0.1, 0.15) is 452 Å². The van der Waals surface area contributed by atoms with Gasteiger partial charge in [0.05, 0.1) is 83.2 Å². The van der Waals surface area contributed by atoms with Crippen molar-refractivity contribution in [3.05, 3.63) is 83.2 Å². The fraction of sp³-hybridized carbons (Fsp3) is 0.865. The van der Waals surface area contributed by atoms with Crippen molar-refractivity contribution in [1.82, 2.24) is 105 Å². The molecular formula is C104H201N21. The van der Waals surface area contributed by atoms with Gasteiger partial charge in [-0.2, -0.15) is 0 Å². The minimum absolute atomic E-state index is 0.636. The van der Waals surface area contributed by atoms with Gasteiger partial charge in [0.25, 0.3) is 0 Å². The van der Waals surface area contributed by atoms with Gasteiger partial charge in [0.15, 0.2) is 0 Å². The van der Waals surface area contributed by atoms with Crippen molar-refractivity contribution in [1.29, 1.82) is 0 Å². The third-order valence-corrected chi connectivity index (χ3v) is 22.8. The van der Waals surface area contributed by atoms with E-state index in [1.165, 1.54) is 258 Å². The van der Waals surface area contributed by atoms with Crippen LogP contribution in [0.4, 0.5) is 0 Å². The molecule has 0 radical (unpaired) electrons. The highest BCUT2D eigenvalue weighted by Crippen LogP contribution is 2.21. The summed E-state index contributed by atoms with van der Waals surface area (Å²) >= 11 is 0. The zero-order valence-corrected chi connectivity index (χ0v) is 87.0. The number of hydrogen-bond acceptors (Lipinski definition) is 14. The van der Waals surface area contributed by atoms with Crippen LogP contribution in [-0.2, 0) is 90.8 Å². The van der Waals surface area contributed by atoms with Crippen LogP contribution in [0.5, 0.6) is 0 Å². The highest BCUT2D eigenvalue weighted by Gasteiger charge is 2.14. The molecule has 0 saturated heterocycles. The Morgan fingerprint density at radius 3 is 0.528 bits per heavy atom. The Morgan fingerprint density at radius 1 is 0.152 bits per heavy atom. The lowest BCUT2D eigenvalue weighted by molar-refractivity contribution is 0.453. The predicted molar refractivity (Wildman–Crippen MR) is 531 cm³/mol. The Balaban J connectivity index is 0.000000730. The van der Waals surface area contributed by atoms with Crippen molar-refractivity contribution in [2.45, 2.75) is 503 Å². The minimum atomic E-state index is 0.636. The van der Waals surface area contributed by atoms with Gasteiger partial charge in [-0.1, -0.05) is 365 Å². The summed E-state index contributed by atoms with van der Waals surface area (Å²) in [5, 5.41) is 57.5. The lowest BCUT2D eigenvalue weighted by Crippen LogP contribution is -2.09. The van der Waals surface area contributed by atoms with Crippen LogP contribution < -0.4 is 0 Å². The maximum Gasteiger partial charge on any atom is 0.0725 e. The molecule has 0 atom stereocenters. The van der Waals surface area contributed by atoms with E-state index in [-0.39, 0.29) is 0 Å². The lowest BCUT2D eigenvalue weighted by atomic mass is 10.0. The van der Waals surface area contributed by atoms with Gasteiger partial charge in [-0.25, -0.2) is 32.8 Å². The van der Waals surface area contributed by atoms with E-state index in [2.05, 4.69) is 299 Å². The van der Waals surface area contributed by atoms with E-state index in [9.17, 15) is 0 Å². The summed E-state index contributed by atoms with van der Waals surface area (Å²) < 4.78 is 14.6. The van der Waals surface area contributed by atoms with Gasteiger partial charge >= 0.3 is 0 Å². The molecule has 0 spiro atoms. The van der Waals surface area contributed by atoms with Crippen molar-refractivity contribution in [3.8, 4) is 0 Å². The van der Waals surface area contributed by atoms with Crippen molar-refractivity contribution in [2.24, 2.45) is 82.9 Å². The zero-order valence-electron chi connectivity index (χ0n) is 87.0. The van der Waals surface area contributed by atoms with E-state index >= 15 is 0 Å². The third kappa shape index (κ3) is 66.9. The fourth-order valence-electron chi connectivity index (χ4n) is 14.7. The molecule has 0 fully saturated rings. The molecule has 0 aliphatic carbocycles. The fourth-order valence-corrected chi connectivity index (χ4v) is 14.7. The highest BCUT2D eigenvalue weighted by molar-refractivity contribution is 4.99. The van der Waals surface area contributed by atoms with E-state index < -0.39 is 0 Å². The number of aryl methyl sites for hydroxylation is 12. The van der Waals surface area contributed by atoms with Crippen LogP contribution in [0, 0.1) is 82.9 Å². The molecule has 0 unspecified atom stereocenters. The molecule has 0 aromatic carbocycles. The summed E-state index contributed by atoms with van der Waals surface area (Å²) in [5.74, 6) is 10.8. The quantitative estimate of drug-likeness (QED) is 0.0324. The molecule has 0 saturated carbocycles. The maximum atomic E-state index is 4.20. The molecule has 7 heterocycles. The standard InChI is InChI=1S/2C17H33N3.5C14H27N3/c2*1-15(2)10-8-6-5-7-9-11-17-14-18-19-20(17)13-12-16(3)4;1-12(2)7-5-9-14-11-15-16-17(14)10-6-8-13(3)4;2*1-12(2)7-5-6-8-14-11-15-16-17(14)10-9-13(3)4;2*1-12(2)8-6-5-7-9-14-10-15-16-17(14)11-13(3)4/h2*14-16H,5-13H2,1-4H3;3*11-13H,5-10H2,1-4H3;2*10,12-13H,5-9,11H2,1-4H3. The molecule has 0 amide bonds. The molecule has 722 valence electrons. The second-order valence-corrected chi connectivity index (χ2v) is 42.6. The molecule has 0 N–H and O–H groups in total. The van der Waals surface area contributed by atoms with E-state index in [0.717, 1.165) is 162 Å². The maximum absolute atomic E-state index is 4.20. The van der Waals surface area contributed by atoms with Crippen LogP contribution in [0.15, 0.2) is 43.4 Å². The topological polar surface area (TPSA) is 215 Å². The summed E-state index contributed by atoms with van der Waals surface area (Å²) in [6.45, 7) is 70.6. The third-order valence-electron chi connectivity index (χ3n) is 22.8. The Labute approximate surface area is 769 Å². The average Bonchev–Trinajstić information content (AvgIpc) is 1.85. The number of rotatable bonds is 62. The first-order chi connectivity index (χ1) is 59.6. The highest BCUT2D eigenvalue weighted by atomic mass is 15.5. The molecule has 7 aromatic rings. The van der Waals surface area contributed by atoms with Crippen LogP contribution in [-0.4, -0.2) is 105 Å². The summed E-state index contributed by atoms with van der Waals surface area (Å²) in [7, 11) is 0. The monoisotopic (exact) mass is 1740 g/mol. The first kappa shape index (κ1) is 117. The van der Waals surface area contributed by atoms with Gasteiger partial charge < -0.3 is 0 Å². The van der Waals surface area contributed by atoms with Gasteiger partial charge in [0, 0.05) is 45.8 Å². The van der Waals surface area contributed by atoms with E-state index in [4.69, 9.17) is 0 Å². The van der Waals surface area contributed by atoms with Crippen molar-refractivity contribution in [2.75, 3.05) is 0 Å². The van der Waals surface area contributed by atoms with Gasteiger partial charge in [0.2, 0.25) is 0 Å². The summed E-state index contributed by atoms with van der Waals surface area (Å²) in [4.78, 5) is 0. The predicted octanol–water partition coefficient (Wildman–Crippen LogP) is 28.2. The average molecular weight is 1750 g/mol. The van der Waals surface area contributed by atoms with E-state index in [1.807, 2.05) is 43.4 Å². The molecule has 21 heteroatoms. The van der Waals surface area contributed by atoms with Gasteiger partial charge in [0.1, 0.15) is 0 Å². The number of aromatic nitrogens is 21. The molecule has 7 rings (SSSR count). The van der Waals surface area contributed by atoms with Crippen LogP contribution in [0.3, 0.4) is 0 Å². The molecule has 0 aliphatic rings. The second-order valence-electron chi connectivity index (χ2n) is 42.6. The Kier molecular flexibility index (Phi) is 69.9. The largest absolute Gasteiger partial charge is 0.249 e. The molecular weight excluding hydrogens is 1540 g/mol. The summed E-state index contributed by atoms with van der Waals surface area (Å²) in [5.41, 5.74) is 9.12. The minimum Gasteiger partial charge on any atom is -0.249 e. The van der Waals surface area contributed by atoms with Crippen molar-refractivity contribution in [3.63, 3.8) is 0 Å². The van der Waals surface area contributed by atoms with Crippen molar-refractivity contribution < 1.29 is 0 Å². The number of nitrogens with zero attached hydrogens (tertiary/aromatic N) is 21. The first-order valence-corrected chi connectivity index (χ1v) is 51.8. The van der Waals surface area contributed by atoms with Gasteiger partial charge in [-0.3, -0.25) is 0 Å². The lowest BCUT2D eigenvalue weighted by Gasteiger charge is -2.08. The summed E-state index contributed by atoms with van der Waals surface area (Å²) in [6, 6.07) is 0. The Morgan fingerprint density at radius 2 is 0.304 bits per heavy atom. The number of unbranched alkanes of at least 4 members (excludes halogenated alkanes) is 14. The van der Waals surface area contributed by atoms with Gasteiger partial charge in [-0.05, 0) is 211 Å².